The fourth-order valence-corrected chi connectivity index (χ4v) is 1.11. The molecular weight excluding hydrogens is 184 g/mol. The van der Waals surface area contributed by atoms with Gasteiger partial charge in [0.15, 0.2) is 0 Å². The third-order valence-electron chi connectivity index (χ3n) is 1.69. The van der Waals surface area contributed by atoms with E-state index in [-0.39, 0.29) is 13.1 Å². The molecule has 0 rings (SSSR count). The van der Waals surface area contributed by atoms with Crippen molar-refractivity contribution in [2.24, 2.45) is 11.5 Å². The normalized spacial score (nSPS) is 12.1. The van der Waals surface area contributed by atoms with Crippen LogP contribution in [0.4, 0.5) is 0 Å². The lowest BCUT2D eigenvalue weighted by Gasteiger charge is -2.22. The summed E-state index contributed by atoms with van der Waals surface area (Å²) >= 11 is 0. The van der Waals surface area contributed by atoms with Gasteiger partial charge in [-0.15, -0.1) is 0 Å². The lowest BCUT2D eigenvalue weighted by atomic mass is 10.2. The van der Waals surface area contributed by atoms with E-state index < -0.39 is 17.9 Å². The Morgan fingerprint density at radius 1 is 1.36 bits per heavy atom. The molecule has 0 aromatic heterocycles. The maximum atomic E-state index is 10.6. The zero-order chi connectivity index (χ0) is 11.1. The largest absolute Gasteiger partial charge is 0.369 e. The van der Waals surface area contributed by atoms with Gasteiger partial charge in [0.2, 0.25) is 11.8 Å². The lowest BCUT2D eigenvalue weighted by molar-refractivity contribution is -0.122. The minimum atomic E-state index is -0.583. The van der Waals surface area contributed by atoms with Crippen molar-refractivity contribution in [3.8, 4) is 6.07 Å². The van der Waals surface area contributed by atoms with Crippen LogP contribution in [0.1, 0.15) is 13.3 Å². The molecule has 6 nitrogen and oxygen atoms in total. The molecule has 0 radical (unpaired) electrons. The van der Waals surface area contributed by atoms with Crippen LogP contribution in [0.25, 0.3) is 0 Å². The van der Waals surface area contributed by atoms with Crippen LogP contribution in [-0.2, 0) is 9.59 Å². The third-order valence-corrected chi connectivity index (χ3v) is 1.69. The molecule has 6 heteroatoms. The van der Waals surface area contributed by atoms with Crippen molar-refractivity contribution in [3.05, 3.63) is 0 Å². The van der Waals surface area contributed by atoms with Gasteiger partial charge in [0.05, 0.1) is 25.2 Å². The van der Waals surface area contributed by atoms with E-state index >= 15 is 0 Å². The fraction of sp³-hybridized carbons (Fsp3) is 0.625. The molecule has 0 aliphatic rings. The van der Waals surface area contributed by atoms with Gasteiger partial charge >= 0.3 is 0 Å². The summed E-state index contributed by atoms with van der Waals surface area (Å²) in [5.74, 6) is -1.17. The van der Waals surface area contributed by atoms with Gasteiger partial charge < -0.3 is 11.5 Å². The number of amides is 2. The van der Waals surface area contributed by atoms with Crippen LogP contribution < -0.4 is 11.5 Å². The molecule has 14 heavy (non-hydrogen) atoms. The number of carbonyl (C=O) groups is 2. The summed E-state index contributed by atoms with van der Waals surface area (Å²) in [4.78, 5) is 22.7. The molecular formula is C8H14N4O2. The van der Waals surface area contributed by atoms with E-state index in [0.29, 0.717) is 6.42 Å². The number of primary amides is 2. The standard InChI is InChI=1S/C8H14N4O2/c1-2-6(3-9)12(4-7(10)13)5-8(11)14/h6H,2,4-5H2,1H3,(H2,10,13)(H2,11,14). The Bertz CT molecular complexity index is 243. The summed E-state index contributed by atoms with van der Waals surface area (Å²) in [6, 6.07) is 1.47. The molecule has 0 spiro atoms. The molecule has 0 aliphatic carbocycles. The van der Waals surface area contributed by atoms with Crippen LogP contribution >= 0.6 is 0 Å². The molecule has 0 aromatic carbocycles. The zero-order valence-corrected chi connectivity index (χ0v) is 8.06. The SMILES string of the molecule is CCC(C#N)N(CC(N)=O)CC(N)=O. The van der Waals surface area contributed by atoms with Crippen molar-refractivity contribution in [3.63, 3.8) is 0 Å². The first-order valence-electron chi connectivity index (χ1n) is 4.21. The molecule has 0 saturated heterocycles. The molecule has 0 heterocycles. The second kappa shape index (κ2) is 5.94. The summed E-state index contributed by atoms with van der Waals surface area (Å²) in [5.41, 5.74) is 9.95. The first-order chi connectivity index (χ1) is 6.51. The van der Waals surface area contributed by atoms with E-state index in [2.05, 4.69) is 0 Å². The minimum absolute atomic E-state index is 0.130. The van der Waals surface area contributed by atoms with Crippen molar-refractivity contribution in [1.82, 2.24) is 4.90 Å². The van der Waals surface area contributed by atoms with E-state index in [4.69, 9.17) is 16.7 Å². The maximum Gasteiger partial charge on any atom is 0.231 e. The van der Waals surface area contributed by atoms with Crippen LogP contribution in [0, 0.1) is 11.3 Å². The van der Waals surface area contributed by atoms with Gasteiger partial charge in [-0.05, 0) is 6.42 Å². The summed E-state index contributed by atoms with van der Waals surface area (Å²) in [5, 5.41) is 8.73. The van der Waals surface area contributed by atoms with Crippen LogP contribution in [0.3, 0.4) is 0 Å². The number of rotatable bonds is 6. The Labute approximate surface area is 82.4 Å². The lowest BCUT2D eigenvalue weighted by Crippen LogP contribution is -2.44. The maximum absolute atomic E-state index is 10.6. The highest BCUT2D eigenvalue weighted by atomic mass is 16.2. The number of hydrogen-bond acceptors (Lipinski definition) is 4. The number of nitrogens with zero attached hydrogens (tertiary/aromatic N) is 2. The van der Waals surface area contributed by atoms with Crippen molar-refractivity contribution >= 4 is 11.8 Å². The Hall–Kier alpha value is -1.61. The summed E-state index contributed by atoms with van der Waals surface area (Å²) in [7, 11) is 0. The van der Waals surface area contributed by atoms with Gasteiger partial charge in [0.25, 0.3) is 0 Å². The summed E-state index contributed by atoms with van der Waals surface area (Å²) in [6.45, 7) is 1.52. The van der Waals surface area contributed by atoms with Crippen molar-refractivity contribution in [2.75, 3.05) is 13.1 Å². The first kappa shape index (κ1) is 12.4. The van der Waals surface area contributed by atoms with Gasteiger partial charge in [-0.2, -0.15) is 5.26 Å². The highest BCUT2D eigenvalue weighted by Crippen LogP contribution is 2.01. The van der Waals surface area contributed by atoms with Gasteiger partial charge in [-0.25, -0.2) is 0 Å². The van der Waals surface area contributed by atoms with Crippen LogP contribution in [-0.4, -0.2) is 35.8 Å². The highest BCUT2D eigenvalue weighted by Gasteiger charge is 2.19. The topological polar surface area (TPSA) is 113 Å². The summed E-state index contributed by atoms with van der Waals surface area (Å²) < 4.78 is 0. The Morgan fingerprint density at radius 3 is 2.00 bits per heavy atom. The molecule has 0 fully saturated rings. The second-order valence-electron chi connectivity index (χ2n) is 2.89. The van der Waals surface area contributed by atoms with Crippen LogP contribution in [0.2, 0.25) is 0 Å². The molecule has 4 N–H and O–H groups in total. The van der Waals surface area contributed by atoms with E-state index in [1.165, 1.54) is 4.90 Å². The Balaban J connectivity index is 4.45. The molecule has 0 aliphatic heterocycles. The van der Waals surface area contributed by atoms with Crippen molar-refractivity contribution in [2.45, 2.75) is 19.4 Å². The predicted molar refractivity (Wildman–Crippen MR) is 49.7 cm³/mol. The zero-order valence-electron chi connectivity index (χ0n) is 8.06. The monoisotopic (exact) mass is 198 g/mol. The number of nitrogens with two attached hydrogens (primary N) is 2. The molecule has 1 unspecified atom stereocenters. The van der Waals surface area contributed by atoms with E-state index in [0.717, 1.165) is 0 Å². The third kappa shape index (κ3) is 4.42. The first-order valence-corrected chi connectivity index (χ1v) is 4.21. The van der Waals surface area contributed by atoms with E-state index in [1.54, 1.807) is 6.92 Å². The average molecular weight is 198 g/mol. The number of carbonyl (C=O) groups excluding carboxylic acids is 2. The number of hydrogen-bond donors (Lipinski definition) is 2. The van der Waals surface area contributed by atoms with Gasteiger partial charge in [0, 0.05) is 0 Å². The van der Waals surface area contributed by atoms with Crippen LogP contribution in [0.5, 0.6) is 0 Å². The Kier molecular flexibility index (Phi) is 5.26. The molecule has 0 bridgehead atoms. The molecule has 2 amide bonds. The highest BCUT2D eigenvalue weighted by molar-refractivity contribution is 5.79. The van der Waals surface area contributed by atoms with Gasteiger partial charge in [0.1, 0.15) is 0 Å². The fourth-order valence-electron chi connectivity index (χ4n) is 1.11. The molecule has 0 aromatic rings. The smallest absolute Gasteiger partial charge is 0.231 e. The summed E-state index contributed by atoms with van der Waals surface area (Å²) in [6.07, 6.45) is 0.511. The minimum Gasteiger partial charge on any atom is -0.369 e. The predicted octanol–water partition coefficient (Wildman–Crippen LogP) is -1.44. The van der Waals surface area contributed by atoms with Crippen molar-refractivity contribution < 1.29 is 9.59 Å². The quantitative estimate of drug-likeness (QED) is 0.544. The van der Waals surface area contributed by atoms with E-state index in [9.17, 15) is 9.59 Å². The van der Waals surface area contributed by atoms with E-state index in [1.807, 2.05) is 6.07 Å². The van der Waals surface area contributed by atoms with Crippen molar-refractivity contribution in [1.29, 1.82) is 5.26 Å². The van der Waals surface area contributed by atoms with Gasteiger partial charge in [-0.3, -0.25) is 14.5 Å². The number of nitriles is 1. The van der Waals surface area contributed by atoms with Crippen LogP contribution in [0.15, 0.2) is 0 Å². The molecule has 78 valence electrons. The Morgan fingerprint density at radius 2 is 1.79 bits per heavy atom. The molecule has 0 saturated carbocycles. The molecule has 1 atom stereocenters. The second-order valence-corrected chi connectivity index (χ2v) is 2.89. The average Bonchev–Trinajstić information content (AvgIpc) is 2.03. The van der Waals surface area contributed by atoms with Gasteiger partial charge in [-0.1, -0.05) is 6.92 Å².